The first-order valence-corrected chi connectivity index (χ1v) is 10.6. The minimum Gasteiger partial charge on any atom is -0.465 e. The van der Waals surface area contributed by atoms with Crippen molar-refractivity contribution in [2.75, 3.05) is 37.0 Å². The number of benzene rings is 1. The van der Waals surface area contributed by atoms with E-state index in [4.69, 9.17) is 17.0 Å². The average molecular weight is 418 g/mol. The molecule has 1 N–H and O–H groups in total. The van der Waals surface area contributed by atoms with Gasteiger partial charge < -0.3 is 19.9 Å². The molecule has 3 rings (SSSR count). The Labute approximate surface area is 176 Å². The second-order valence-corrected chi connectivity index (χ2v) is 8.84. The third-order valence-electron chi connectivity index (χ3n) is 5.28. The van der Waals surface area contributed by atoms with Gasteiger partial charge in [0.25, 0.3) is 0 Å². The minimum absolute atomic E-state index is 0.329. The molecular formula is C21H27N3O2S2. The van der Waals surface area contributed by atoms with Crippen molar-refractivity contribution in [3.63, 3.8) is 0 Å². The van der Waals surface area contributed by atoms with E-state index in [0.717, 1.165) is 35.1 Å². The summed E-state index contributed by atoms with van der Waals surface area (Å²) in [7, 11) is 1.41. The molecule has 1 fully saturated rings. The SMILES string of the molecule is COC(=O)c1c(NC(=S)N2CCN(c3ccc(C)cc3)C(C)C2)sc(C)c1C. The molecule has 150 valence electrons. The minimum atomic E-state index is -0.329. The van der Waals surface area contributed by atoms with Gasteiger partial charge in [-0.1, -0.05) is 17.7 Å². The molecule has 0 radical (unpaired) electrons. The van der Waals surface area contributed by atoms with Crippen LogP contribution < -0.4 is 10.2 Å². The lowest BCUT2D eigenvalue weighted by atomic mass is 10.1. The summed E-state index contributed by atoms with van der Waals surface area (Å²) in [6.07, 6.45) is 0. The monoisotopic (exact) mass is 417 g/mol. The first-order chi connectivity index (χ1) is 13.3. The summed E-state index contributed by atoms with van der Waals surface area (Å²) in [5, 5.41) is 4.72. The van der Waals surface area contributed by atoms with Gasteiger partial charge in [-0.15, -0.1) is 11.3 Å². The molecule has 0 amide bonds. The molecule has 2 heterocycles. The van der Waals surface area contributed by atoms with E-state index in [-0.39, 0.29) is 5.97 Å². The van der Waals surface area contributed by atoms with Gasteiger partial charge in [-0.3, -0.25) is 0 Å². The van der Waals surface area contributed by atoms with Gasteiger partial charge in [0.05, 0.1) is 12.7 Å². The maximum Gasteiger partial charge on any atom is 0.341 e. The van der Waals surface area contributed by atoms with Crippen molar-refractivity contribution in [2.24, 2.45) is 0 Å². The number of carbonyl (C=O) groups is 1. The van der Waals surface area contributed by atoms with Crippen LogP contribution in [-0.4, -0.2) is 48.8 Å². The number of thiophene rings is 1. The molecule has 1 unspecified atom stereocenters. The van der Waals surface area contributed by atoms with Crippen molar-refractivity contribution in [1.82, 2.24) is 4.90 Å². The second-order valence-electron chi connectivity index (χ2n) is 7.23. The molecule has 1 aliphatic rings. The Morgan fingerprint density at radius 1 is 1.21 bits per heavy atom. The summed E-state index contributed by atoms with van der Waals surface area (Å²) >= 11 is 7.21. The summed E-state index contributed by atoms with van der Waals surface area (Å²) in [6, 6.07) is 8.99. The largest absolute Gasteiger partial charge is 0.465 e. The lowest BCUT2D eigenvalue weighted by Crippen LogP contribution is -2.54. The van der Waals surface area contributed by atoms with E-state index in [0.29, 0.717) is 16.7 Å². The van der Waals surface area contributed by atoms with Crippen molar-refractivity contribution in [1.29, 1.82) is 0 Å². The molecule has 1 aromatic heterocycles. The van der Waals surface area contributed by atoms with Gasteiger partial charge in [-0.05, 0) is 57.6 Å². The van der Waals surface area contributed by atoms with E-state index < -0.39 is 0 Å². The smallest absolute Gasteiger partial charge is 0.341 e. The summed E-state index contributed by atoms with van der Waals surface area (Å²) in [5.74, 6) is -0.329. The van der Waals surface area contributed by atoms with Crippen molar-refractivity contribution in [2.45, 2.75) is 33.7 Å². The first-order valence-electron chi connectivity index (χ1n) is 9.39. The molecule has 0 saturated carbocycles. The van der Waals surface area contributed by atoms with E-state index in [9.17, 15) is 4.79 Å². The highest BCUT2D eigenvalue weighted by Gasteiger charge is 2.27. The van der Waals surface area contributed by atoms with E-state index in [1.165, 1.54) is 18.4 Å². The van der Waals surface area contributed by atoms with Crippen molar-refractivity contribution >= 4 is 45.3 Å². The Morgan fingerprint density at radius 3 is 2.50 bits per heavy atom. The van der Waals surface area contributed by atoms with Gasteiger partial charge >= 0.3 is 5.97 Å². The maximum atomic E-state index is 12.2. The number of aryl methyl sites for hydroxylation is 2. The number of carbonyl (C=O) groups excluding carboxylic acids is 1. The molecule has 0 bridgehead atoms. The molecule has 2 aromatic rings. The molecule has 7 heteroatoms. The van der Waals surface area contributed by atoms with Crippen LogP contribution in [0.5, 0.6) is 0 Å². The van der Waals surface area contributed by atoms with Crippen LogP contribution in [0.25, 0.3) is 0 Å². The lowest BCUT2D eigenvalue weighted by molar-refractivity contribution is 0.0601. The highest BCUT2D eigenvalue weighted by Crippen LogP contribution is 2.33. The predicted molar refractivity (Wildman–Crippen MR) is 121 cm³/mol. The van der Waals surface area contributed by atoms with Crippen LogP contribution in [-0.2, 0) is 4.74 Å². The maximum absolute atomic E-state index is 12.2. The van der Waals surface area contributed by atoms with Crippen molar-refractivity contribution in [3.05, 3.63) is 45.8 Å². The number of ether oxygens (including phenoxy) is 1. The number of esters is 1. The molecule has 1 atom stereocenters. The molecule has 1 aromatic carbocycles. The number of piperazine rings is 1. The van der Waals surface area contributed by atoms with E-state index in [1.54, 1.807) is 11.3 Å². The van der Waals surface area contributed by atoms with Crippen molar-refractivity contribution < 1.29 is 9.53 Å². The standard InChI is InChI=1S/C21H27N3O2S2/c1-13-6-8-17(9-7-13)24-11-10-23(12-14(24)2)21(27)22-19-18(20(25)26-5)15(3)16(4)28-19/h6-9,14H,10-12H2,1-5H3,(H,22,27). The summed E-state index contributed by atoms with van der Waals surface area (Å²) in [5.41, 5.74) is 4.04. The molecule has 0 aliphatic carbocycles. The number of nitrogens with zero attached hydrogens (tertiary/aromatic N) is 2. The molecule has 28 heavy (non-hydrogen) atoms. The zero-order chi connectivity index (χ0) is 20.4. The number of nitrogens with one attached hydrogen (secondary N) is 1. The van der Waals surface area contributed by atoms with Crippen LogP contribution in [0.4, 0.5) is 10.7 Å². The number of methoxy groups -OCH3 is 1. The highest BCUT2D eigenvalue weighted by atomic mass is 32.1. The normalized spacial score (nSPS) is 16.8. The highest BCUT2D eigenvalue weighted by molar-refractivity contribution is 7.80. The molecule has 0 spiro atoms. The third-order valence-corrected chi connectivity index (χ3v) is 6.76. The number of rotatable bonds is 3. The van der Waals surface area contributed by atoms with Gasteiger partial charge in [0.15, 0.2) is 5.11 Å². The first kappa shape index (κ1) is 20.6. The van der Waals surface area contributed by atoms with Gasteiger partial charge in [0, 0.05) is 36.2 Å². The van der Waals surface area contributed by atoms with Crippen LogP contribution in [0.15, 0.2) is 24.3 Å². The van der Waals surface area contributed by atoms with Gasteiger partial charge in [-0.2, -0.15) is 0 Å². The van der Waals surface area contributed by atoms with Gasteiger partial charge in [-0.25, -0.2) is 4.79 Å². The summed E-state index contributed by atoms with van der Waals surface area (Å²) in [4.78, 5) is 17.9. The fraction of sp³-hybridized carbons (Fsp3) is 0.429. The Bertz CT molecular complexity index is 877. The topological polar surface area (TPSA) is 44.8 Å². The number of hydrogen-bond acceptors (Lipinski definition) is 5. The Hall–Kier alpha value is -2.12. The summed E-state index contributed by atoms with van der Waals surface area (Å²) in [6.45, 7) is 10.8. The van der Waals surface area contributed by atoms with Crippen LogP contribution in [0.1, 0.15) is 33.3 Å². The van der Waals surface area contributed by atoms with Crippen LogP contribution in [0.3, 0.4) is 0 Å². The number of thiocarbonyl (C=S) groups is 1. The Morgan fingerprint density at radius 2 is 1.89 bits per heavy atom. The van der Waals surface area contributed by atoms with Crippen molar-refractivity contribution in [3.8, 4) is 0 Å². The van der Waals surface area contributed by atoms with E-state index >= 15 is 0 Å². The number of hydrogen-bond donors (Lipinski definition) is 1. The molecular weight excluding hydrogens is 390 g/mol. The molecule has 1 saturated heterocycles. The van der Waals surface area contributed by atoms with Crippen LogP contribution >= 0.6 is 23.6 Å². The van der Waals surface area contributed by atoms with Gasteiger partial charge in [0.2, 0.25) is 0 Å². The summed E-state index contributed by atoms with van der Waals surface area (Å²) < 4.78 is 4.95. The van der Waals surface area contributed by atoms with E-state index in [2.05, 4.69) is 53.2 Å². The van der Waals surface area contributed by atoms with Gasteiger partial charge in [0.1, 0.15) is 5.00 Å². The fourth-order valence-electron chi connectivity index (χ4n) is 3.50. The number of anilines is 2. The third kappa shape index (κ3) is 4.15. The molecule has 5 nitrogen and oxygen atoms in total. The van der Waals surface area contributed by atoms with Crippen LogP contribution in [0, 0.1) is 20.8 Å². The molecule has 1 aliphatic heterocycles. The quantitative estimate of drug-likeness (QED) is 0.591. The lowest BCUT2D eigenvalue weighted by Gasteiger charge is -2.42. The Kier molecular flexibility index (Phi) is 6.25. The van der Waals surface area contributed by atoms with E-state index in [1.807, 2.05) is 13.8 Å². The average Bonchev–Trinajstić information content (AvgIpc) is 2.95. The fourth-order valence-corrected chi connectivity index (χ4v) is 4.88. The van der Waals surface area contributed by atoms with Crippen LogP contribution in [0.2, 0.25) is 0 Å². The zero-order valence-electron chi connectivity index (χ0n) is 17.0. The predicted octanol–water partition coefficient (Wildman–Crippen LogP) is 4.37. The Balaban J connectivity index is 1.69. The zero-order valence-corrected chi connectivity index (χ0v) is 18.7. The second kappa shape index (κ2) is 8.49.